The normalized spacial score (nSPS) is 20.7. The minimum atomic E-state index is -0.925. The molecule has 2 heterocycles. The molecule has 2 atom stereocenters. The second-order valence-corrected chi connectivity index (χ2v) is 8.61. The molecule has 0 spiro atoms. The number of ketones is 1. The van der Waals surface area contributed by atoms with E-state index in [4.69, 9.17) is 28.4 Å². The summed E-state index contributed by atoms with van der Waals surface area (Å²) in [5.41, 5.74) is 0.739. The van der Waals surface area contributed by atoms with E-state index >= 15 is 0 Å². The molecule has 2 fully saturated rings. The summed E-state index contributed by atoms with van der Waals surface area (Å²) in [6, 6.07) is 7.17. The van der Waals surface area contributed by atoms with E-state index < -0.39 is 17.7 Å². The fourth-order valence-corrected chi connectivity index (χ4v) is 4.82. The second-order valence-electron chi connectivity index (χ2n) is 8.61. The molecule has 1 N–H and O–H groups in total. The standard InChI is InChI=1S/C27H31NO9/c1-32-18-9-8-15(11-19(18)33-2)24(29)22-23(16-12-20(34-3)26(36-5)21(13-16)35-4)28(27(31)25(22)30)14-17-7-6-10-37-17/h8-9,11-13,17,23,29H,6-7,10,14H2,1-5H3/t17-,23-/m1/s1. The van der Waals surface area contributed by atoms with Crippen molar-refractivity contribution < 1.29 is 43.1 Å². The van der Waals surface area contributed by atoms with Crippen LogP contribution in [0.5, 0.6) is 28.7 Å². The minimum absolute atomic E-state index is 0.0653. The molecule has 0 radical (unpaired) electrons. The summed E-state index contributed by atoms with van der Waals surface area (Å²) in [7, 11) is 7.42. The Bertz CT molecular complexity index is 1190. The molecule has 37 heavy (non-hydrogen) atoms. The van der Waals surface area contributed by atoms with Gasteiger partial charge in [-0.15, -0.1) is 0 Å². The van der Waals surface area contributed by atoms with Crippen molar-refractivity contribution in [3.63, 3.8) is 0 Å². The molecule has 0 saturated carbocycles. The number of Topliss-reactive ketones (excluding diaryl/α,β-unsaturated/α-hetero) is 1. The van der Waals surface area contributed by atoms with Crippen molar-refractivity contribution in [1.82, 2.24) is 4.90 Å². The van der Waals surface area contributed by atoms with Gasteiger partial charge in [-0.3, -0.25) is 9.59 Å². The molecular weight excluding hydrogens is 482 g/mol. The third-order valence-corrected chi connectivity index (χ3v) is 6.62. The Balaban J connectivity index is 1.92. The van der Waals surface area contributed by atoms with E-state index in [1.54, 1.807) is 30.3 Å². The topological polar surface area (TPSA) is 113 Å². The van der Waals surface area contributed by atoms with Crippen LogP contribution in [0.4, 0.5) is 0 Å². The van der Waals surface area contributed by atoms with Crippen molar-refractivity contribution in [3.05, 3.63) is 47.0 Å². The van der Waals surface area contributed by atoms with Gasteiger partial charge in [0, 0.05) is 18.7 Å². The third kappa shape index (κ3) is 4.76. The van der Waals surface area contributed by atoms with Gasteiger partial charge in [0.25, 0.3) is 11.7 Å². The maximum absolute atomic E-state index is 13.4. The summed E-state index contributed by atoms with van der Waals surface area (Å²) in [4.78, 5) is 28.2. The van der Waals surface area contributed by atoms with Crippen molar-refractivity contribution in [2.24, 2.45) is 0 Å². The molecule has 2 aromatic carbocycles. The summed E-state index contributed by atoms with van der Waals surface area (Å²) in [5, 5.41) is 11.4. The molecule has 4 rings (SSSR count). The molecule has 0 aliphatic carbocycles. The zero-order chi connectivity index (χ0) is 26.7. The highest BCUT2D eigenvalue weighted by Gasteiger charge is 2.47. The predicted octanol–water partition coefficient (Wildman–Crippen LogP) is 3.33. The Kier molecular flexibility index (Phi) is 7.77. The number of ether oxygens (including phenoxy) is 6. The molecule has 0 aromatic heterocycles. The first kappa shape index (κ1) is 26.2. The number of nitrogens with zero attached hydrogens (tertiary/aromatic N) is 1. The molecule has 2 aromatic rings. The van der Waals surface area contributed by atoms with Gasteiger partial charge in [0.05, 0.1) is 53.3 Å². The Hall–Kier alpha value is -3.92. The highest BCUT2D eigenvalue weighted by Crippen LogP contribution is 2.46. The van der Waals surface area contributed by atoms with E-state index in [2.05, 4.69) is 0 Å². The molecule has 1 amide bonds. The highest BCUT2D eigenvalue weighted by molar-refractivity contribution is 6.46. The zero-order valence-electron chi connectivity index (χ0n) is 21.5. The Morgan fingerprint density at radius 3 is 2.11 bits per heavy atom. The van der Waals surface area contributed by atoms with Crippen molar-refractivity contribution in [1.29, 1.82) is 0 Å². The maximum Gasteiger partial charge on any atom is 0.295 e. The number of aliphatic hydroxyl groups excluding tert-OH is 1. The summed E-state index contributed by atoms with van der Waals surface area (Å²) in [5.74, 6) is 0.0257. The van der Waals surface area contributed by atoms with Crippen LogP contribution in [-0.4, -0.2) is 76.5 Å². The van der Waals surface area contributed by atoms with Gasteiger partial charge >= 0.3 is 0 Å². The monoisotopic (exact) mass is 513 g/mol. The van der Waals surface area contributed by atoms with Crippen molar-refractivity contribution >= 4 is 17.4 Å². The van der Waals surface area contributed by atoms with E-state index in [9.17, 15) is 14.7 Å². The van der Waals surface area contributed by atoms with Gasteiger partial charge in [0.15, 0.2) is 23.0 Å². The van der Waals surface area contributed by atoms with Crippen LogP contribution in [0.25, 0.3) is 5.76 Å². The molecule has 0 bridgehead atoms. The summed E-state index contributed by atoms with van der Waals surface area (Å²) in [6.45, 7) is 0.781. The number of amides is 1. The van der Waals surface area contributed by atoms with Crippen LogP contribution in [0.15, 0.2) is 35.9 Å². The van der Waals surface area contributed by atoms with Gasteiger partial charge in [0.2, 0.25) is 5.75 Å². The number of carbonyl (C=O) groups excluding carboxylic acids is 2. The van der Waals surface area contributed by atoms with Crippen LogP contribution in [0.3, 0.4) is 0 Å². The van der Waals surface area contributed by atoms with E-state index in [0.29, 0.717) is 46.5 Å². The largest absolute Gasteiger partial charge is 0.507 e. The molecule has 2 aliphatic heterocycles. The maximum atomic E-state index is 13.4. The predicted molar refractivity (Wildman–Crippen MR) is 134 cm³/mol. The number of benzene rings is 2. The van der Waals surface area contributed by atoms with Crippen LogP contribution < -0.4 is 23.7 Å². The first-order valence-corrected chi connectivity index (χ1v) is 11.8. The van der Waals surface area contributed by atoms with E-state index in [0.717, 1.165) is 12.8 Å². The average Bonchev–Trinajstić information content (AvgIpc) is 3.53. The first-order chi connectivity index (χ1) is 17.9. The van der Waals surface area contributed by atoms with Gasteiger partial charge in [-0.05, 0) is 48.7 Å². The van der Waals surface area contributed by atoms with Crippen LogP contribution in [0.1, 0.15) is 30.0 Å². The Labute approximate surface area is 215 Å². The number of rotatable bonds is 9. The Morgan fingerprint density at radius 1 is 0.919 bits per heavy atom. The first-order valence-electron chi connectivity index (χ1n) is 11.8. The quantitative estimate of drug-likeness (QED) is 0.306. The third-order valence-electron chi connectivity index (χ3n) is 6.62. The van der Waals surface area contributed by atoms with Crippen LogP contribution in [-0.2, 0) is 14.3 Å². The summed E-state index contributed by atoms with van der Waals surface area (Å²) >= 11 is 0. The number of hydrogen-bond acceptors (Lipinski definition) is 9. The average molecular weight is 514 g/mol. The number of hydrogen-bond donors (Lipinski definition) is 1. The molecule has 10 heteroatoms. The molecular formula is C27H31NO9. The highest BCUT2D eigenvalue weighted by atomic mass is 16.5. The van der Waals surface area contributed by atoms with Crippen LogP contribution in [0, 0.1) is 0 Å². The van der Waals surface area contributed by atoms with Crippen LogP contribution >= 0.6 is 0 Å². The summed E-state index contributed by atoms with van der Waals surface area (Å²) < 4.78 is 32.9. The second kappa shape index (κ2) is 11.0. The lowest BCUT2D eigenvalue weighted by Crippen LogP contribution is -2.36. The van der Waals surface area contributed by atoms with Gasteiger partial charge in [0.1, 0.15) is 5.76 Å². The fourth-order valence-electron chi connectivity index (χ4n) is 4.82. The summed E-state index contributed by atoms with van der Waals surface area (Å²) in [6.07, 6.45) is 1.42. The molecule has 2 aliphatic rings. The van der Waals surface area contributed by atoms with Crippen molar-refractivity contribution in [2.75, 3.05) is 48.7 Å². The lowest BCUT2D eigenvalue weighted by Gasteiger charge is -2.28. The minimum Gasteiger partial charge on any atom is -0.507 e. The lowest BCUT2D eigenvalue weighted by molar-refractivity contribution is -0.140. The SMILES string of the molecule is COc1ccc(C(O)=C2C(=O)C(=O)N(C[C@H]3CCCO3)[C@@H]2c2cc(OC)c(OC)c(OC)c2)cc1OC. The van der Waals surface area contributed by atoms with E-state index in [1.165, 1.54) is 40.4 Å². The Morgan fingerprint density at radius 2 is 1.57 bits per heavy atom. The van der Waals surface area contributed by atoms with Gasteiger partial charge in [-0.2, -0.15) is 0 Å². The zero-order valence-corrected chi connectivity index (χ0v) is 21.5. The van der Waals surface area contributed by atoms with E-state index in [1.807, 2.05) is 0 Å². The van der Waals surface area contributed by atoms with Gasteiger partial charge in [-0.1, -0.05) is 0 Å². The fraction of sp³-hybridized carbons (Fsp3) is 0.407. The van der Waals surface area contributed by atoms with Crippen molar-refractivity contribution in [2.45, 2.75) is 25.0 Å². The number of aliphatic hydroxyl groups is 1. The molecule has 0 unspecified atom stereocenters. The molecule has 198 valence electrons. The number of likely N-dealkylation sites (tertiary alicyclic amines) is 1. The number of carbonyl (C=O) groups is 2. The number of methoxy groups -OCH3 is 5. The molecule has 2 saturated heterocycles. The van der Waals surface area contributed by atoms with E-state index in [-0.39, 0.29) is 24.0 Å². The van der Waals surface area contributed by atoms with Gasteiger partial charge < -0.3 is 38.4 Å². The van der Waals surface area contributed by atoms with Crippen LogP contribution in [0.2, 0.25) is 0 Å². The lowest BCUT2D eigenvalue weighted by atomic mass is 9.94. The molecule has 10 nitrogen and oxygen atoms in total. The smallest absolute Gasteiger partial charge is 0.295 e. The van der Waals surface area contributed by atoms with Crippen molar-refractivity contribution in [3.8, 4) is 28.7 Å². The van der Waals surface area contributed by atoms with Gasteiger partial charge in [-0.25, -0.2) is 0 Å².